The number of nitrogens with zero attached hydrogens (tertiary/aromatic N) is 1. The second-order valence-corrected chi connectivity index (χ2v) is 3.29. The molecule has 0 fully saturated rings. The molecule has 0 saturated carbocycles. The van der Waals surface area contributed by atoms with Gasteiger partial charge in [0.25, 0.3) is 0 Å². The first-order chi connectivity index (χ1) is 7.13. The minimum absolute atomic E-state index is 0. The van der Waals surface area contributed by atoms with Crippen molar-refractivity contribution >= 4 is 12.0 Å². The van der Waals surface area contributed by atoms with Crippen LogP contribution in [0.5, 0.6) is 0 Å². The lowest BCUT2D eigenvalue weighted by Crippen LogP contribution is -2.21. The molecule has 2 atom stereocenters. The van der Waals surface area contributed by atoms with E-state index in [1.807, 2.05) is 0 Å². The third-order valence-corrected chi connectivity index (χ3v) is 2.19. The van der Waals surface area contributed by atoms with Gasteiger partial charge in [-0.05, 0) is 30.9 Å². The number of hydrogen-bond acceptors (Lipinski definition) is 4. The summed E-state index contributed by atoms with van der Waals surface area (Å²) in [5.41, 5.74) is 0. The van der Waals surface area contributed by atoms with Gasteiger partial charge in [0.05, 0.1) is 0 Å². The molecule has 0 heterocycles. The molecule has 1 aliphatic carbocycles. The van der Waals surface area contributed by atoms with Crippen molar-refractivity contribution in [2.75, 3.05) is 0 Å². The summed E-state index contributed by atoms with van der Waals surface area (Å²) in [6.07, 6.45) is 6.88. The maximum absolute atomic E-state index is 10.7. The van der Waals surface area contributed by atoms with E-state index in [0.717, 1.165) is 0 Å². The SMILES string of the molecule is O.O=C=N[C@@H](CC1C=CC(O)=CC1)C(=O)O. The summed E-state index contributed by atoms with van der Waals surface area (Å²) in [6, 6.07) is -1.05. The molecule has 6 nitrogen and oxygen atoms in total. The first-order valence-electron chi connectivity index (χ1n) is 4.50. The zero-order chi connectivity index (χ0) is 11.3. The van der Waals surface area contributed by atoms with Crippen molar-refractivity contribution in [3.8, 4) is 0 Å². The van der Waals surface area contributed by atoms with Crippen LogP contribution in [0, 0.1) is 5.92 Å². The molecule has 0 aromatic heterocycles. The van der Waals surface area contributed by atoms with Crippen LogP contribution in [-0.2, 0) is 9.59 Å². The topological polar surface area (TPSA) is 118 Å². The van der Waals surface area contributed by atoms with Crippen molar-refractivity contribution in [2.45, 2.75) is 18.9 Å². The van der Waals surface area contributed by atoms with Gasteiger partial charge in [-0.25, -0.2) is 9.59 Å². The van der Waals surface area contributed by atoms with E-state index in [1.54, 1.807) is 12.2 Å². The van der Waals surface area contributed by atoms with Gasteiger partial charge in [-0.1, -0.05) is 6.08 Å². The van der Waals surface area contributed by atoms with Crippen LogP contribution in [0.25, 0.3) is 0 Å². The van der Waals surface area contributed by atoms with Crippen LogP contribution >= 0.6 is 0 Å². The van der Waals surface area contributed by atoms with Crippen LogP contribution in [0.4, 0.5) is 0 Å². The maximum atomic E-state index is 10.7. The summed E-state index contributed by atoms with van der Waals surface area (Å²) >= 11 is 0. The lowest BCUT2D eigenvalue weighted by atomic mass is 9.93. The van der Waals surface area contributed by atoms with Crippen molar-refractivity contribution < 1.29 is 25.3 Å². The van der Waals surface area contributed by atoms with Crippen LogP contribution in [0.15, 0.2) is 29.0 Å². The zero-order valence-electron chi connectivity index (χ0n) is 8.46. The number of carbonyl (C=O) groups is 1. The Bertz CT molecular complexity index is 352. The van der Waals surface area contributed by atoms with Gasteiger partial charge < -0.3 is 15.7 Å². The predicted octanol–water partition coefficient (Wildman–Crippen LogP) is 0.359. The van der Waals surface area contributed by atoms with Gasteiger partial charge in [0.2, 0.25) is 6.08 Å². The van der Waals surface area contributed by atoms with Gasteiger partial charge in [0.15, 0.2) is 6.04 Å². The Hall–Kier alpha value is -1.91. The fourth-order valence-corrected chi connectivity index (χ4v) is 1.39. The Morgan fingerprint density at radius 2 is 2.38 bits per heavy atom. The molecule has 0 aromatic rings. The molecule has 88 valence electrons. The molecule has 0 bridgehead atoms. The van der Waals surface area contributed by atoms with Crippen LogP contribution < -0.4 is 0 Å². The van der Waals surface area contributed by atoms with Gasteiger partial charge >= 0.3 is 5.97 Å². The van der Waals surface area contributed by atoms with Crippen LogP contribution in [0.1, 0.15) is 12.8 Å². The number of aliphatic hydroxyl groups excluding tert-OH is 1. The number of isocyanates is 1. The molecule has 0 amide bonds. The zero-order valence-corrected chi connectivity index (χ0v) is 8.46. The molecular weight excluding hydrogens is 214 g/mol. The van der Waals surface area contributed by atoms with Crippen LogP contribution in [-0.4, -0.2) is 33.8 Å². The molecule has 1 aliphatic rings. The number of carboxylic acid groups (broad SMARTS) is 1. The Balaban J connectivity index is 0.00000225. The maximum Gasteiger partial charge on any atom is 0.329 e. The molecule has 1 unspecified atom stereocenters. The predicted molar refractivity (Wildman–Crippen MR) is 55.7 cm³/mol. The van der Waals surface area contributed by atoms with Crippen molar-refractivity contribution in [1.82, 2.24) is 0 Å². The summed E-state index contributed by atoms with van der Waals surface area (Å²) in [5, 5.41) is 17.8. The molecular formula is C10H13NO5. The number of aliphatic hydroxyl groups is 1. The quantitative estimate of drug-likeness (QED) is 0.532. The van der Waals surface area contributed by atoms with Crippen LogP contribution in [0.2, 0.25) is 0 Å². The highest BCUT2D eigenvalue weighted by molar-refractivity contribution is 5.74. The Kier molecular flexibility index (Phi) is 5.77. The minimum atomic E-state index is -1.13. The minimum Gasteiger partial charge on any atom is -0.508 e. The lowest BCUT2D eigenvalue weighted by molar-refractivity contribution is -0.138. The first-order valence-corrected chi connectivity index (χ1v) is 4.50. The largest absolute Gasteiger partial charge is 0.508 e. The fraction of sp³-hybridized carbons (Fsp3) is 0.400. The molecule has 0 radical (unpaired) electrons. The second-order valence-electron chi connectivity index (χ2n) is 3.29. The first kappa shape index (κ1) is 14.1. The van der Waals surface area contributed by atoms with Gasteiger partial charge in [0, 0.05) is 0 Å². The highest BCUT2D eigenvalue weighted by Crippen LogP contribution is 2.20. The molecule has 6 heteroatoms. The smallest absolute Gasteiger partial charge is 0.329 e. The number of allylic oxidation sites excluding steroid dienone is 3. The van der Waals surface area contributed by atoms with Gasteiger partial charge in [-0.2, -0.15) is 4.99 Å². The summed E-state index contributed by atoms with van der Waals surface area (Å²) in [6.45, 7) is 0. The van der Waals surface area contributed by atoms with E-state index in [0.29, 0.717) is 6.42 Å². The van der Waals surface area contributed by atoms with E-state index in [9.17, 15) is 9.59 Å². The van der Waals surface area contributed by atoms with E-state index in [-0.39, 0.29) is 23.6 Å². The summed E-state index contributed by atoms with van der Waals surface area (Å²) in [4.78, 5) is 23.9. The number of rotatable bonds is 4. The van der Waals surface area contributed by atoms with Crippen molar-refractivity contribution in [3.63, 3.8) is 0 Å². The van der Waals surface area contributed by atoms with Gasteiger partial charge in [-0.3, -0.25) is 0 Å². The molecule has 0 aliphatic heterocycles. The molecule has 16 heavy (non-hydrogen) atoms. The molecule has 4 N–H and O–H groups in total. The number of aliphatic carboxylic acids is 1. The van der Waals surface area contributed by atoms with Crippen LogP contribution in [0.3, 0.4) is 0 Å². The van der Waals surface area contributed by atoms with E-state index in [1.165, 1.54) is 12.2 Å². The summed E-state index contributed by atoms with van der Waals surface area (Å²) in [5.74, 6) is -0.971. The monoisotopic (exact) mass is 227 g/mol. The lowest BCUT2D eigenvalue weighted by Gasteiger charge is -2.15. The van der Waals surface area contributed by atoms with Crippen molar-refractivity contribution in [3.05, 3.63) is 24.0 Å². The van der Waals surface area contributed by atoms with Crippen molar-refractivity contribution in [2.24, 2.45) is 10.9 Å². The number of carboxylic acids is 1. The summed E-state index contributed by atoms with van der Waals surface area (Å²) in [7, 11) is 0. The summed E-state index contributed by atoms with van der Waals surface area (Å²) < 4.78 is 0. The van der Waals surface area contributed by atoms with Gasteiger partial charge in [0.1, 0.15) is 5.76 Å². The number of carbonyl (C=O) groups excluding carboxylic acids is 1. The van der Waals surface area contributed by atoms with Gasteiger partial charge in [-0.15, -0.1) is 0 Å². The highest BCUT2D eigenvalue weighted by Gasteiger charge is 2.21. The number of hydrogen-bond donors (Lipinski definition) is 2. The van der Waals surface area contributed by atoms with E-state index < -0.39 is 12.0 Å². The Labute approximate surface area is 91.9 Å². The molecule has 1 rings (SSSR count). The standard InChI is InChI=1S/C10H11NO4.H2O/c12-6-11-9(10(14)15)5-7-1-3-8(13)4-2-7;/h1,3-4,7,9,13H,2,5H2,(H,14,15);1H2/t7?,9-;/m0./s1. The molecule has 0 spiro atoms. The molecule has 0 aromatic carbocycles. The number of aliphatic imine (C=N–C) groups is 1. The second kappa shape index (κ2) is 6.55. The normalized spacial score (nSPS) is 20.0. The van der Waals surface area contributed by atoms with E-state index in [2.05, 4.69) is 4.99 Å². The fourth-order valence-electron chi connectivity index (χ4n) is 1.39. The third kappa shape index (κ3) is 4.08. The Morgan fingerprint density at radius 1 is 1.69 bits per heavy atom. The Morgan fingerprint density at radius 3 is 2.81 bits per heavy atom. The highest BCUT2D eigenvalue weighted by atomic mass is 16.4. The third-order valence-electron chi connectivity index (χ3n) is 2.19. The molecule has 0 saturated heterocycles. The average molecular weight is 227 g/mol. The average Bonchev–Trinajstić information content (AvgIpc) is 2.20. The van der Waals surface area contributed by atoms with Crippen molar-refractivity contribution in [1.29, 1.82) is 0 Å². The van der Waals surface area contributed by atoms with E-state index >= 15 is 0 Å². The van der Waals surface area contributed by atoms with E-state index in [4.69, 9.17) is 10.2 Å².